The molecule has 0 aliphatic carbocycles. The van der Waals surface area contributed by atoms with Gasteiger partial charge >= 0.3 is 5.97 Å². The zero-order valence-corrected chi connectivity index (χ0v) is 9.75. The van der Waals surface area contributed by atoms with Crippen LogP contribution in [-0.2, 0) is 0 Å². The summed E-state index contributed by atoms with van der Waals surface area (Å²) >= 11 is 0. The van der Waals surface area contributed by atoms with Crippen LogP contribution in [0.1, 0.15) is 10.4 Å². The van der Waals surface area contributed by atoms with E-state index in [0.717, 1.165) is 5.69 Å². The molecule has 0 unspecified atom stereocenters. The molecule has 94 valence electrons. The zero-order chi connectivity index (χ0) is 13.4. The van der Waals surface area contributed by atoms with Crippen molar-refractivity contribution in [1.82, 2.24) is 9.55 Å². The molecule has 0 radical (unpaired) electrons. The molecule has 3 rings (SSSR count). The van der Waals surface area contributed by atoms with Gasteiger partial charge in [-0.15, -0.1) is 0 Å². The molecule has 1 heterocycles. The van der Waals surface area contributed by atoms with Gasteiger partial charge in [0.2, 0.25) is 0 Å². The lowest BCUT2D eigenvalue weighted by atomic mass is 10.2. The van der Waals surface area contributed by atoms with Gasteiger partial charge in [-0.3, -0.25) is 4.57 Å². The number of rotatable bonds is 2. The first-order chi connectivity index (χ1) is 9.15. The van der Waals surface area contributed by atoms with Crippen molar-refractivity contribution in [1.29, 1.82) is 0 Å². The monoisotopic (exact) mass is 256 g/mol. The Hall–Kier alpha value is -2.69. The number of halogens is 1. The summed E-state index contributed by atoms with van der Waals surface area (Å²) in [5.74, 6) is -1.31. The number of aromatic carboxylic acids is 1. The normalized spacial score (nSPS) is 10.8. The maximum atomic E-state index is 12.9. The number of hydrogen-bond donors (Lipinski definition) is 1. The molecule has 2 aromatic carbocycles. The van der Waals surface area contributed by atoms with Crippen molar-refractivity contribution in [3.63, 3.8) is 0 Å². The number of carboxylic acids is 1. The first kappa shape index (κ1) is 11.4. The summed E-state index contributed by atoms with van der Waals surface area (Å²) in [7, 11) is 0. The lowest BCUT2D eigenvalue weighted by Gasteiger charge is -2.04. The van der Waals surface area contributed by atoms with Crippen LogP contribution in [-0.4, -0.2) is 20.6 Å². The second-order valence-electron chi connectivity index (χ2n) is 4.10. The minimum atomic E-state index is -0.992. The molecule has 0 bridgehead atoms. The largest absolute Gasteiger partial charge is 0.478 e. The predicted octanol–water partition coefficient (Wildman–Crippen LogP) is 2.86. The van der Waals surface area contributed by atoms with Crippen LogP contribution < -0.4 is 0 Å². The van der Waals surface area contributed by atoms with E-state index in [1.807, 2.05) is 0 Å². The van der Waals surface area contributed by atoms with Crippen molar-refractivity contribution >= 4 is 17.0 Å². The number of imidazole rings is 1. The molecule has 0 saturated carbocycles. The van der Waals surface area contributed by atoms with Crippen LogP contribution in [0.4, 0.5) is 4.39 Å². The Labute approximate surface area is 107 Å². The van der Waals surface area contributed by atoms with E-state index < -0.39 is 5.97 Å². The molecule has 3 aromatic rings. The van der Waals surface area contributed by atoms with Gasteiger partial charge in [-0.05, 0) is 42.5 Å². The Morgan fingerprint density at radius 3 is 2.58 bits per heavy atom. The third-order valence-electron chi connectivity index (χ3n) is 2.90. The van der Waals surface area contributed by atoms with Crippen LogP contribution in [0.2, 0.25) is 0 Å². The topological polar surface area (TPSA) is 55.1 Å². The molecule has 19 heavy (non-hydrogen) atoms. The van der Waals surface area contributed by atoms with Crippen molar-refractivity contribution in [3.8, 4) is 5.69 Å². The Kier molecular flexibility index (Phi) is 2.52. The summed E-state index contributed by atoms with van der Waals surface area (Å²) in [5.41, 5.74) is 2.28. The summed E-state index contributed by atoms with van der Waals surface area (Å²) in [4.78, 5) is 15.2. The number of benzene rings is 2. The SMILES string of the molecule is O=C(O)c1ccc2ncn(-c3ccc(F)cc3)c2c1. The van der Waals surface area contributed by atoms with Crippen molar-refractivity contribution < 1.29 is 14.3 Å². The highest BCUT2D eigenvalue weighted by molar-refractivity contribution is 5.92. The fourth-order valence-corrected chi connectivity index (χ4v) is 1.95. The number of carboxylic acid groups (broad SMARTS) is 1. The fraction of sp³-hybridized carbons (Fsp3) is 0. The molecule has 0 atom stereocenters. The molecule has 0 aliphatic heterocycles. The van der Waals surface area contributed by atoms with Crippen LogP contribution in [0.5, 0.6) is 0 Å². The summed E-state index contributed by atoms with van der Waals surface area (Å²) < 4.78 is 14.6. The summed E-state index contributed by atoms with van der Waals surface area (Å²) in [6, 6.07) is 10.6. The summed E-state index contributed by atoms with van der Waals surface area (Å²) in [6.45, 7) is 0. The van der Waals surface area contributed by atoms with E-state index in [1.54, 1.807) is 35.2 Å². The van der Waals surface area contributed by atoms with Crippen LogP contribution in [0, 0.1) is 5.82 Å². The number of fused-ring (bicyclic) bond motifs is 1. The van der Waals surface area contributed by atoms with Crippen molar-refractivity contribution in [3.05, 3.63) is 60.2 Å². The first-order valence-corrected chi connectivity index (χ1v) is 5.61. The molecule has 0 amide bonds. The second-order valence-corrected chi connectivity index (χ2v) is 4.10. The number of aromatic nitrogens is 2. The maximum absolute atomic E-state index is 12.9. The molecule has 1 N–H and O–H groups in total. The van der Waals surface area contributed by atoms with Gasteiger partial charge in [0.25, 0.3) is 0 Å². The lowest BCUT2D eigenvalue weighted by Crippen LogP contribution is -1.97. The molecule has 5 heteroatoms. The molecule has 0 fully saturated rings. The third-order valence-corrected chi connectivity index (χ3v) is 2.90. The van der Waals surface area contributed by atoms with Gasteiger partial charge in [0.1, 0.15) is 12.1 Å². The van der Waals surface area contributed by atoms with E-state index in [0.29, 0.717) is 11.0 Å². The molecule has 4 nitrogen and oxygen atoms in total. The van der Waals surface area contributed by atoms with E-state index >= 15 is 0 Å². The van der Waals surface area contributed by atoms with E-state index in [-0.39, 0.29) is 11.4 Å². The Bertz CT molecular complexity index is 763. The van der Waals surface area contributed by atoms with E-state index in [9.17, 15) is 9.18 Å². The Balaban J connectivity index is 2.21. The highest BCUT2D eigenvalue weighted by atomic mass is 19.1. The van der Waals surface area contributed by atoms with Crippen molar-refractivity contribution in [2.75, 3.05) is 0 Å². The van der Waals surface area contributed by atoms with Crippen LogP contribution in [0.3, 0.4) is 0 Å². The van der Waals surface area contributed by atoms with Crippen molar-refractivity contribution in [2.45, 2.75) is 0 Å². The average molecular weight is 256 g/mol. The van der Waals surface area contributed by atoms with Gasteiger partial charge in [0.15, 0.2) is 0 Å². The molecule has 0 aliphatic rings. The number of carbonyl (C=O) groups is 1. The Morgan fingerprint density at radius 1 is 1.16 bits per heavy atom. The highest BCUT2D eigenvalue weighted by Crippen LogP contribution is 2.19. The highest BCUT2D eigenvalue weighted by Gasteiger charge is 2.09. The number of nitrogens with zero attached hydrogens (tertiary/aromatic N) is 2. The summed E-state index contributed by atoms with van der Waals surface area (Å²) in [6.07, 6.45) is 1.59. The van der Waals surface area contributed by atoms with Crippen LogP contribution in [0.25, 0.3) is 16.7 Å². The van der Waals surface area contributed by atoms with E-state index in [2.05, 4.69) is 4.98 Å². The van der Waals surface area contributed by atoms with E-state index in [4.69, 9.17) is 5.11 Å². The second kappa shape index (κ2) is 4.20. The van der Waals surface area contributed by atoms with Gasteiger partial charge in [0, 0.05) is 5.69 Å². The first-order valence-electron chi connectivity index (χ1n) is 5.61. The van der Waals surface area contributed by atoms with Gasteiger partial charge < -0.3 is 5.11 Å². The lowest BCUT2D eigenvalue weighted by molar-refractivity contribution is 0.0697. The molecule has 0 saturated heterocycles. The smallest absolute Gasteiger partial charge is 0.335 e. The Morgan fingerprint density at radius 2 is 1.89 bits per heavy atom. The standard InChI is InChI=1S/C14H9FN2O2/c15-10-2-4-11(5-3-10)17-8-16-12-6-1-9(14(18)19)7-13(12)17/h1-8H,(H,18,19). The van der Waals surface area contributed by atoms with Crippen LogP contribution >= 0.6 is 0 Å². The van der Waals surface area contributed by atoms with Crippen LogP contribution in [0.15, 0.2) is 48.8 Å². The van der Waals surface area contributed by atoms with Gasteiger partial charge in [-0.1, -0.05) is 0 Å². The average Bonchev–Trinajstić information content (AvgIpc) is 2.82. The minimum Gasteiger partial charge on any atom is -0.478 e. The number of hydrogen-bond acceptors (Lipinski definition) is 2. The maximum Gasteiger partial charge on any atom is 0.335 e. The fourth-order valence-electron chi connectivity index (χ4n) is 1.95. The summed E-state index contributed by atoms with van der Waals surface area (Å²) in [5, 5.41) is 9.00. The zero-order valence-electron chi connectivity index (χ0n) is 9.75. The molecule has 0 spiro atoms. The molecular weight excluding hydrogens is 247 g/mol. The molecular formula is C14H9FN2O2. The van der Waals surface area contributed by atoms with Gasteiger partial charge in [-0.2, -0.15) is 0 Å². The van der Waals surface area contributed by atoms with Gasteiger partial charge in [0.05, 0.1) is 16.6 Å². The van der Waals surface area contributed by atoms with E-state index in [1.165, 1.54) is 18.2 Å². The predicted molar refractivity (Wildman–Crippen MR) is 68.0 cm³/mol. The third kappa shape index (κ3) is 1.95. The quantitative estimate of drug-likeness (QED) is 0.767. The van der Waals surface area contributed by atoms with Crippen molar-refractivity contribution in [2.24, 2.45) is 0 Å². The van der Waals surface area contributed by atoms with Gasteiger partial charge in [-0.25, -0.2) is 14.2 Å². The minimum absolute atomic E-state index is 0.191. The molecule has 1 aromatic heterocycles.